The van der Waals surface area contributed by atoms with Crippen molar-refractivity contribution in [2.24, 2.45) is 4.99 Å². The van der Waals surface area contributed by atoms with Crippen molar-refractivity contribution in [3.05, 3.63) is 30.3 Å². The Morgan fingerprint density at radius 1 is 1.23 bits per heavy atom. The highest BCUT2D eigenvalue weighted by atomic mass is 127. The van der Waals surface area contributed by atoms with Gasteiger partial charge in [0.15, 0.2) is 5.96 Å². The van der Waals surface area contributed by atoms with E-state index in [2.05, 4.69) is 32.3 Å². The first-order chi connectivity index (χ1) is 12.2. The summed E-state index contributed by atoms with van der Waals surface area (Å²) in [6, 6.07) is 9.54. The molecule has 144 valence electrons. The van der Waals surface area contributed by atoms with E-state index in [4.69, 9.17) is 0 Å². The van der Waals surface area contributed by atoms with Gasteiger partial charge in [0.2, 0.25) is 5.91 Å². The lowest BCUT2D eigenvalue weighted by Crippen LogP contribution is -2.54. The second-order valence-electron chi connectivity index (χ2n) is 6.83. The number of carbonyl (C=O) groups excluding carboxylic acids is 1. The molecule has 0 bridgehead atoms. The van der Waals surface area contributed by atoms with Gasteiger partial charge in [-0.25, -0.2) is 0 Å². The van der Waals surface area contributed by atoms with Gasteiger partial charge in [-0.3, -0.25) is 9.79 Å². The molecule has 1 saturated heterocycles. The second kappa shape index (κ2) is 10.4. The molecule has 0 aromatic heterocycles. The minimum atomic E-state index is -0.0499. The van der Waals surface area contributed by atoms with E-state index < -0.39 is 0 Å². The summed E-state index contributed by atoms with van der Waals surface area (Å²) in [6.45, 7) is 2.27. The monoisotopic (exact) mass is 488 g/mol. The van der Waals surface area contributed by atoms with Crippen LogP contribution in [0.1, 0.15) is 32.1 Å². The van der Waals surface area contributed by atoms with E-state index in [1.807, 2.05) is 30.3 Å². The zero-order valence-electron chi connectivity index (χ0n) is 15.4. The lowest BCUT2D eigenvalue weighted by atomic mass is 9.87. The van der Waals surface area contributed by atoms with Gasteiger partial charge in [-0.15, -0.1) is 24.0 Å². The normalized spacial score (nSPS) is 19.6. The lowest BCUT2D eigenvalue weighted by molar-refractivity contribution is -0.115. The largest absolute Gasteiger partial charge is 0.347 e. The number of rotatable bonds is 3. The molecular formula is C19H29IN4OS. The Balaban J connectivity index is 0.00000243. The number of hydrogen-bond donors (Lipinski definition) is 2. The number of thioether (sulfide) groups is 1. The summed E-state index contributed by atoms with van der Waals surface area (Å²) in [6.07, 6.45) is 6.66. The predicted octanol–water partition coefficient (Wildman–Crippen LogP) is 3.57. The molecule has 5 nitrogen and oxygen atoms in total. The third-order valence-corrected chi connectivity index (χ3v) is 6.53. The lowest BCUT2D eigenvalue weighted by Gasteiger charge is -2.45. The molecule has 0 atom stereocenters. The number of nitrogens with zero attached hydrogens (tertiary/aromatic N) is 2. The van der Waals surface area contributed by atoms with Gasteiger partial charge in [-0.05, 0) is 25.0 Å². The summed E-state index contributed by atoms with van der Waals surface area (Å²) in [5.74, 6) is 1.93. The Kier molecular flexibility index (Phi) is 8.53. The van der Waals surface area contributed by atoms with Crippen LogP contribution in [0.3, 0.4) is 0 Å². The number of amides is 1. The molecule has 2 aliphatic rings. The SMILES string of the molecule is CN=C(NCC(=O)Nc1ccccc1)N1CCSC2(CCCCC2)C1.I. The number of guanidine groups is 1. The molecule has 26 heavy (non-hydrogen) atoms. The van der Waals surface area contributed by atoms with E-state index >= 15 is 0 Å². The maximum atomic E-state index is 12.2. The highest BCUT2D eigenvalue weighted by Crippen LogP contribution is 2.42. The molecule has 7 heteroatoms. The van der Waals surface area contributed by atoms with E-state index in [1.165, 1.54) is 32.1 Å². The Morgan fingerprint density at radius 2 is 1.96 bits per heavy atom. The molecule has 0 unspecified atom stereocenters. The van der Waals surface area contributed by atoms with Crippen molar-refractivity contribution in [1.29, 1.82) is 0 Å². The van der Waals surface area contributed by atoms with Gasteiger partial charge in [0, 0.05) is 36.3 Å². The molecule has 1 saturated carbocycles. The summed E-state index contributed by atoms with van der Waals surface area (Å²) >= 11 is 2.14. The van der Waals surface area contributed by atoms with Crippen molar-refractivity contribution in [3.8, 4) is 0 Å². The Hall–Kier alpha value is -0.960. The molecule has 1 amide bonds. The summed E-state index contributed by atoms with van der Waals surface area (Å²) < 4.78 is 0.389. The van der Waals surface area contributed by atoms with Gasteiger partial charge < -0.3 is 15.5 Å². The van der Waals surface area contributed by atoms with Crippen molar-refractivity contribution in [1.82, 2.24) is 10.2 Å². The summed E-state index contributed by atoms with van der Waals surface area (Å²) in [7, 11) is 1.80. The van der Waals surface area contributed by atoms with Crippen LogP contribution < -0.4 is 10.6 Å². The van der Waals surface area contributed by atoms with Gasteiger partial charge in [0.05, 0.1) is 6.54 Å². The van der Waals surface area contributed by atoms with E-state index in [-0.39, 0.29) is 36.4 Å². The van der Waals surface area contributed by atoms with Crippen molar-refractivity contribution in [3.63, 3.8) is 0 Å². The molecule has 1 spiro atoms. The minimum Gasteiger partial charge on any atom is -0.347 e. The number of hydrogen-bond acceptors (Lipinski definition) is 3. The van der Waals surface area contributed by atoms with E-state index in [0.29, 0.717) is 4.75 Å². The number of para-hydroxylation sites is 1. The minimum absolute atomic E-state index is 0. The first kappa shape index (κ1) is 21.3. The van der Waals surface area contributed by atoms with Gasteiger partial charge in [-0.1, -0.05) is 37.5 Å². The molecule has 2 fully saturated rings. The zero-order chi connectivity index (χ0) is 17.5. The summed E-state index contributed by atoms with van der Waals surface area (Å²) in [5, 5.41) is 6.14. The molecule has 1 aliphatic carbocycles. The number of carbonyl (C=O) groups is 1. The van der Waals surface area contributed by atoms with Crippen LogP contribution in [-0.4, -0.2) is 53.9 Å². The van der Waals surface area contributed by atoms with Gasteiger partial charge in [-0.2, -0.15) is 11.8 Å². The standard InChI is InChI=1S/C19H28N4OS.HI/c1-20-18(21-14-17(24)22-16-8-4-2-5-9-16)23-12-13-25-19(15-23)10-6-3-7-11-19;/h2,4-5,8-9H,3,6-7,10-15H2,1H3,(H,20,21)(H,22,24);1H. The Labute approximate surface area is 177 Å². The Morgan fingerprint density at radius 3 is 2.65 bits per heavy atom. The third-order valence-electron chi connectivity index (χ3n) is 4.99. The smallest absolute Gasteiger partial charge is 0.243 e. The van der Waals surface area contributed by atoms with E-state index in [9.17, 15) is 4.79 Å². The van der Waals surface area contributed by atoms with Crippen LogP contribution >= 0.6 is 35.7 Å². The first-order valence-electron chi connectivity index (χ1n) is 9.15. The topological polar surface area (TPSA) is 56.7 Å². The van der Waals surface area contributed by atoms with E-state index in [1.54, 1.807) is 7.05 Å². The molecule has 0 radical (unpaired) electrons. The third kappa shape index (κ3) is 5.77. The number of nitrogens with one attached hydrogen (secondary N) is 2. The zero-order valence-corrected chi connectivity index (χ0v) is 18.5. The van der Waals surface area contributed by atoms with Crippen LogP contribution in [-0.2, 0) is 4.79 Å². The number of anilines is 1. The van der Waals surface area contributed by atoms with Crippen molar-refractivity contribution < 1.29 is 4.79 Å². The summed E-state index contributed by atoms with van der Waals surface area (Å²) in [4.78, 5) is 18.9. The van der Waals surface area contributed by atoms with Crippen molar-refractivity contribution >= 4 is 53.3 Å². The average Bonchev–Trinajstić information content (AvgIpc) is 2.64. The van der Waals surface area contributed by atoms with Crippen LogP contribution in [0.4, 0.5) is 5.69 Å². The quantitative estimate of drug-likeness (QED) is 0.388. The predicted molar refractivity (Wildman–Crippen MR) is 122 cm³/mol. The van der Waals surface area contributed by atoms with Gasteiger partial charge in [0.25, 0.3) is 0 Å². The highest BCUT2D eigenvalue weighted by molar-refractivity contribution is 14.0. The van der Waals surface area contributed by atoms with Crippen LogP contribution in [0.15, 0.2) is 35.3 Å². The molecular weight excluding hydrogens is 459 g/mol. The fourth-order valence-electron chi connectivity index (χ4n) is 3.74. The fourth-order valence-corrected chi connectivity index (χ4v) is 5.31. The maximum Gasteiger partial charge on any atom is 0.243 e. The molecule has 1 aromatic rings. The van der Waals surface area contributed by atoms with Crippen LogP contribution in [0.25, 0.3) is 0 Å². The van der Waals surface area contributed by atoms with Crippen LogP contribution in [0, 0.1) is 0 Å². The summed E-state index contributed by atoms with van der Waals surface area (Å²) in [5.41, 5.74) is 0.819. The van der Waals surface area contributed by atoms with E-state index in [0.717, 1.165) is 30.5 Å². The molecule has 1 aliphatic heterocycles. The highest BCUT2D eigenvalue weighted by Gasteiger charge is 2.38. The number of halogens is 1. The number of benzene rings is 1. The maximum absolute atomic E-state index is 12.2. The van der Waals surface area contributed by atoms with Crippen LogP contribution in [0.2, 0.25) is 0 Å². The molecule has 1 heterocycles. The molecule has 2 N–H and O–H groups in total. The van der Waals surface area contributed by atoms with Crippen LogP contribution in [0.5, 0.6) is 0 Å². The average molecular weight is 488 g/mol. The second-order valence-corrected chi connectivity index (χ2v) is 8.39. The first-order valence-corrected chi connectivity index (χ1v) is 10.1. The Bertz CT molecular complexity index is 599. The van der Waals surface area contributed by atoms with Crippen molar-refractivity contribution in [2.75, 3.05) is 37.8 Å². The number of aliphatic imine (C=N–C) groups is 1. The fraction of sp³-hybridized carbons (Fsp3) is 0.579. The molecule has 3 rings (SSSR count). The molecule has 1 aromatic carbocycles. The van der Waals surface area contributed by atoms with Gasteiger partial charge >= 0.3 is 0 Å². The van der Waals surface area contributed by atoms with Crippen molar-refractivity contribution in [2.45, 2.75) is 36.9 Å². The van der Waals surface area contributed by atoms with Gasteiger partial charge in [0.1, 0.15) is 0 Å².